The number of benzene rings is 3. The molecule has 0 bridgehead atoms. The molecule has 0 spiro atoms. The normalized spacial score (nSPS) is 10.8. The Bertz CT molecular complexity index is 1390. The van der Waals surface area contributed by atoms with Gasteiger partial charge in [-0.05, 0) is 48.2 Å². The number of nitrogens with zero attached hydrogens (tertiary/aromatic N) is 1. The molecule has 0 atom stereocenters. The van der Waals surface area contributed by atoms with Gasteiger partial charge in [0.25, 0.3) is 5.56 Å². The number of rotatable bonds is 5. The third-order valence-electron chi connectivity index (χ3n) is 5.34. The van der Waals surface area contributed by atoms with Crippen LogP contribution in [0.4, 0.5) is 4.39 Å². The van der Waals surface area contributed by atoms with Crippen molar-refractivity contribution in [2.75, 3.05) is 6.61 Å². The molecule has 5 nitrogen and oxygen atoms in total. The largest absolute Gasteiger partial charge is 0.453 e. The van der Waals surface area contributed by atoms with Crippen LogP contribution in [-0.4, -0.2) is 22.9 Å². The van der Waals surface area contributed by atoms with E-state index in [9.17, 15) is 18.8 Å². The SMILES string of the molecule is Cc1ccc(-c2c(C(=O)OCC(=O)c3ccc(F)cc3)n(C)c(=O)c3ccccc23)cc1. The van der Waals surface area contributed by atoms with Gasteiger partial charge in [0.15, 0.2) is 12.4 Å². The molecule has 0 amide bonds. The second kappa shape index (κ2) is 8.59. The zero-order chi connectivity index (χ0) is 22.8. The number of fused-ring (bicyclic) bond motifs is 1. The summed E-state index contributed by atoms with van der Waals surface area (Å²) in [7, 11) is 1.50. The number of esters is 1. The van der Waals surface area contributed by atoms with Crippen molar-refractivity contribution < 1.29 is 18.7 Å². The van der Waals surface area contributed by atoms with E-state index < -0.39 is 24.2 Å². The molecule has 0 saturated heterocycles. The van der Waals surface area contributed by atoms with Gasteiger partial charge < -0.3 is 9.30 Å². The molecular formula is C26H20FNO4. The molecule has 0 aliphatic rings. The number of pyridine rings is 1. The van der Waals surface area contributed by atoms with Gasteiger partial charge in [-0.3, -0.25) is 9.59 Å². The van der Waals surface area contributed by atoms with E-state index in [1.54, 1.807) is 24.3 Å². The molecule has 0 N–H and O–H groups in total. The Morgan fingerprint density at radius 3 is 2.19 bits per heavy atom. The lowest BCUT2D eigenvalue weighted by Gasteiger charge is -2.17. The molecule has 0 aliphatic heterocycles. The molecule has 6 heteroatoms. The highest BCUT2D eigenvalue weighted by Gasteiger charge is 2.23. The van der Waals surface area contributed by atoms with Crippen LogP contribution < -0.4 is 5.56 Å². The number of hydrogen-bond donors (Lipinski definition) is 0. The van der Waals surface area contributed by atoms with Crippen LogP contribution >= 0.6 is 0 Å². The van der Waals surface area contributed by atoms with Crippen LogP contribution in [0.15, 0.2) is 77.6 Å². The third-order valence-corrected chi connectivity index (χ3v) is 5.34. The van der Waals surface area contributed by atoms with Crippen LogP contribution in [0.5, 0.6) is 0 Å². The number of aryl methyl sites for hydroxylation is 1. The first kappa shape index (κ1) is 21.2. The topological polar surface area (TPSA) is 65.4 Å². The van der Waals surface area contributed by atoms with Crippen molar-refractivity contribution in [1.82, 2.24) is 4.57 Å². The Balaban J connectivity index is 1.78. The second-order valence-corrected chi connectivity index (χ2v) is 7.51. The summed E-state index contributed by atoms with van der Waals surface area (Å²) < 4.78 is 19.7. The minimum atomic E-state index is -0.790. The zero-order valence-electron chi connectivity index (χ0n) is 17.6. The van der Waals surface area contributed by atoms with Crippen molar-refractivity contribution in [2.24, 2.45) is 7.05 Å². The van der Waals surface area contributed by atoms with E-state index in [0.717, 1.165) is 23.3 Å². The maximum atomic E-state index is 13.1. The quantitative estimate of drug-likeness (QED) is 0.341. The third kappa shape index (κ3) is 3.95. The first-order valence-corrected chi connectivity index (χ1v) is 10.0. The molecule has 1 aromatic heterocycles. The highest BCUT2D eigenvalue weighted by molar-refractivity contribution is 6.07. The predicted octanol–water partition coefficient (Wildman–Crippen LogP) is 4.69. The van der Waals surface area contributed by atoms with Gasteiger partial charge in [-0.15, -0.1) is 0 Å². The van der Waals surface area contributed by atoms with E-state index in [0.29, 0.717) is 16.3 Å². The summed E-state index contributed by atoms with van der Waals surface area (Å²) in [6, 6.07) is 19.6. The maximum absolute atomic E-state index is 13.1. The summed E-state index contributed by atoms with van der Waals surface area (Å²) >= 11 is 0. The molecule has 32 heavy (non-hydrogen) atoms. The number of hydrogen-bond acceptors (Lipinski definition) is 4. The second-order valence-electron chi connectivity index (χ2n) is 7.51. The van der Waals surface area contributed by atoms with Crippen molar-refractivity contribution in [2.45, 2.75) is 6.92 Å². The first-order chi connectivity index (χ1) is 15.4. The lowest BCUT2D eigenvalue weighted by Crippen LogP contribution is -2.27. The van der Waals surface area contributed by atoms with E-state index in [4.69, 9.17) is 4.74 Å². The lowest BCUT2D eigenvalue weighted by molar-refractivity contribution is 0.0465. The number of ketones is 1. The first-order valence-electron chi connectivity index (χ1n) is 10.0. The molecule has 0 aliphatic carbocycles. The minimum Gasteiger partial charge on any atom is -0.453 e. The van der Waals surface area contributed by atoms with Gasteiger partial charge in [0.2, 0.25) is 0 Å². The molecule has 0 unspecified atom stereocenters. The van der Waals surface area contributed by atoms with Crippen molar-refractivity contribution in [3.05, 3.63) is 106 Å². The molecule has 4 aromatic rings. The fraction of sp³-hybridized carbons (Fsp3) is 0.115. The number of carbonyl (C=O) groups is 2. The van der Waals surface area contributed by atoms with Gasteiger partial charge in [0.05, 0.1) is 0 Å². The number of carbonyl (C=O) groups excluding carboxylic acids is 2. The Labute approximate surface area is 183 Å². The van der Waals surface area contributed by atoms with Crippen LogP contribution in [0.2, 0.25) is 0 Å². The fourth-order valence-electron chi connectivity index (χ4n) is 3.64. The van der Waals surface area contributed by atoms with Crippen LogP contribution in [0.25, 0.3) is 21.9 Å². The van der Waals surface area contributed by atoms with E-state index in [1.165, 1.54) is 23.7 Å². The average molecular weight is 429 g/mol. The minimum absolute atomic E-state index is 0.0597. The van der Waals surface area contributed by atoms with E-state index in [-0.39, 0.29) is 16.8 Å². The molecule has 1 heterocycles. The molecular weight excluding hydrogens is 409 g/mol. The Hall–Kier alpha value is -4.06. The summed E-state index contributed by atoms with van der Waals surface area (Å²) in [6.45, 7) is 1.43. The van der Waals surface area contributed by atoms with Gasteiger partial charge in [-0.1, -0.05) is 48.0 Å². The van der Waals surface area contributed by atoms with Crippen LogP contribution in [-0.2, 0) is 11.8 Å². The van der Waals surface area contributed by atoms with Gasteiger partial charge in [-0.2, -0.15) is 0 Å². The summed E-state index contributed by atoms with van der Waals surface area (Å²) in [4.78, 5) is 38.4. The lowest BCUT2D eigenvalue weighted by atomic mass is 9.96. The van der Waals surface area contributed by atoms with Gasteiger partial charge >= 0.3 is 5.97 Å². The molecule has 160 valence electrons. The van der Waals surface area contributed by atoms with Gasteiger partial charge in [0, 0.05) is 23.6 Å². The molecule has 0 fully saturated rings. The maximum Gasteiger partial charge on any atom is 0.356 e. The summed E-state index contributed by atoms with van der Waals surface area (Å²) in [5.41, 5.74) is 2.31. The highest BCUT2D eigenvalue weighted by atomic mass is 19.1. The highest BCUT2D eigenvalue weighted by Crippen LogP contribution is 2.31. The smallest absolute Gasteiger partial charge is 0.356 e. The van der Waals surface area contributed by atoms with E-state index in [2.05, 4.69) is 0 Å². The summed E-state index contributed by atoms with van der Waals surface area (Å²) in [6.07, 6.45) is 0. The number of halogens is 1. The van der Waals surface area contributed by atoms with Crippen molar-refractivity contribution >= 4 is 22.5 Å². The molecule has 3 aromatic carbocycles. The number of ether oxygens (including phenoxy) is 1. The monoisotopic (exact) mass is 429 g/mol. The number of Topliss-reactive ketones (excluding diaryl/α,β-unsaturated/α-hetero) is 1. The summed E-state index contributed by atoms with van der Waals surface area (Å²) in [5, 5.41) is 1.10. The van der Waals surface area contributed by atoms with E-state index in [1.807, 2.05) is 31.2 Å². The van der Waals surface area contributed by atoms with Crippen LogP contribution in [0.1, 0.15) is 26.4 Å². The standard InChI is InChI=1S/C26H20FNO4/c1-16-7-9-18(10-8-16)23-20-5-3-4-6-21(20)25(30)28(2)24(23)26(31)32-15-22(29)17-11-13-19(27)14-12-17/h3-14H,15H2,1-2H3. The Kier molecular flexibility index (Phi) is 5.69. The van der Waals surface area contributed by atoms with Gasteiger partial charge in [0.1, 0.15) is 11.5 Å². The van der Waals surface area contributed by atoms with E-state index >= 15 is 0 Å². The van der Waals surface area contributed by atoms with Crippen molar-refractivity contribution in [3.8, 4) is 11.1 Å². The van der Waals surface area contributed by atoms with Crippen molar-refractivity contribution in [1.29, 1.82) is 0 Å². The Morgan fingerprint density at radius 1 is 0.906 bits per heavy atom. The fourth-order valence-corrected chi connectivity index (χ4v) is 3.64. The average Bonchev–Trinajstić information content (AvgIpc) is 2.80. The van der Waals surface area contributed by atoms with Crippen LogP contribution in [0.3, 0.4) is 0 Å². The van der Waals surface area contributed by atoms with Crippen molar-refractivity contribution in [3.63, 3.8) is 0 Å². The zero-order valence-corrected chi connectivity index (χ0v) is 17.6. The number of aromatic nitrogens is 1. The molecule has 0 radical (unpaired) electrons. The molecule has 4 rings (SSSR count). The van der Waals surface area contributed by atoms with Crippen LogP contribution in [0, 0.1) is 12.7 Å². The predicted molar refractivity (Wildman–Crippen MR) is 120 cm³/mol. The summed E-state index contributed by atoms with van der Waals surface area (Å²) in [5.74, 6) is -1.73. The molecule has 0 saturated carbocycles. The Morgan fingerprint density at radius 2 is 1.53 bits per heavy atom. The van der Waals surface area contributed by atoms with Gasteiger partial charge in [-0.25, -0.2) is 9.18 Å².